The summed E-state index contributed by atoms with van der Waals surface area (Å²) in [6, 6.07) is 2.06. The highest BCUT2D eigenvalue weighted by Crippen LogP contribution is 2.31. The minimum Gasteiger partial charge on any atom is -0.258 e. The van der Waals surface area contributed by atoms with Crippen LogP contribution in [0, 0.1) is 27.2 Å². The fourth-order valence-electron chi connectivity index (χ4n) is 0.987. The van der Waals surface area contributed by atoms with Crippen molar-refractivity contribution in [2.24, 2.45) is 0 Å². The molecule has 0 unspecified atom stereocenters. The first-order valence-corrected chi connectivity index (χ1v) is 3.90. The summed E-state index contributed by atoms with van der Waals surface area (Å²) in [4.78, 5) is 19.4. The second-order valence-corrected chi connectivity index (χ2v) is 3.01. The van der Waals surface area contributed by atoms with Crippen LogP contribution in [-0.2, 0) is 0 Å². The minimum absolute atomic E-state index is 0.0990. The molecular weight excluding hydrogens is 212 g/mol. The number of hydrogen-bond donors (Lipinski definition) is 0. The molecule has 0 saturated carbocycles. The van der Waals surface area contributed by atoms with E-state index in [0.717, 1.165) is 6.07 Å². The summed E-state index contributed by atoms with van der Waals surface area (Å²) in [6.07, 6.45) is 0. The van der Waals surface area contributed by atoms with Crippen molar-refractivity contribution in [3.05, 3.63) is 42.9 Å². The van der Waals surface area contributed by atoms with Gasteiger partial charge in [-0.3, -0.25) is 20.2 Å². The second kappa shape index (κ2) is 3.59. The number of aryl methyl sites for hydroxylation is 1. The van der Waals surface area contributed by atoms with E-state index in [1.807, 2.05) is 0 Å². The van der Waals surface area contributed by atoms with Gasteiger partial charge >= 0.3 is 0 Å². The number of nitro benzene ring substituents is 2. The highest BCUT2D eigenvalue weighted by Gasteiger charge is 2.20. The number of rotatable bonds is 2. The largest absolute Gasteiger partial charge is 0.294 e. The van der Waals surface area contributed by atoms with E-state index >= 15 is 0 Å². The van der Waals surface area contributed by atoms with Gasteiger partial charge in [0.15, 0.2) is 0 Å². The average molecular weight is 217 g/mol. The first kappa shape index (κ1) is 10.4. The van der Waals surface area contributed by atoms with Crippen LogP contribution in [0.1, 0.15) is 5.56 Å². The lowest BCUT2D eigenvalue weighted by Crippen LogP contribution is -1.95. The summed E-state index contributed by atoms with van der Waals surface area (Å²) in [5.74, 6) is 0. The molecule has 1 aromatic carbocycles. The predicted molar refractivity (Wildman–Crippen MR) is 49.5 cm³/mol. The first-order valence-electron chi connectivity index (χ1n) is 3.52. The molecular formula is C7H5ClN2O4. The molecule has 0 amide bonds. The van der Waals surface area contributed by atoms with Gasteiger partial charge in [0.25, 0.3) is 11.4 Å². The molecule has 74 valence electrons. The zero-order chi connectivity index (χ0) is 10.9. The molecule has 0 heterocycles. The number of halogens is 1. The maximum absolute atomic E-state index is 10.4. The van der Waals surface area contributed by atoms with E-state index in [4.69, 9.17) is 11.6 Å². The van der Waals surface area contributed by atoms with Crippen LogP contribution in [0.25, 0.3) is 0 Å². The highest BCUT2D eigenvalue weighted by atomic mass is 35.5. The van der Waals surface area contributed by atoms with Crippen molar-refractivity contribution in [3.63, 3.8) is 0 Å². The fraction of sp³-hybridized carbons (Fsp3) is 0.143. The first-order chi connectivity index (χ1) is 6.43. The van der Waals surface area contributed by atoms with Crippen LogP contribution in [0.5, 0.6) is 0 Å². The zero-order valence-electron chi connectivity index (χ0n) is 7.06. The second-order valence-electron chi connectivity index (χ2n) is 2.60. The van der Waals surface area contributed by atoms with Gasteiger partial charge in [-0.2, -0.15) is 0 Å². The molecule has 0 aliphatic heterocycles. The standard InChI is InChI=1S/C7H5ClN2O4/c1-4-2-5(8)7(10(13)14)3-6(4)9(11)12/h2-3H,1H3. The lowest BCUT2D eigenvalue weighted by molar-refractivity contribution is -0.394. The minimum atomic E-state index is -0.755. The van der Waals surface area contributed by atoms with Gasteiger partial charge < -0.3 is 0 Å². The Kier molecular flexibility index (Phi) is 2.66. The highest BCUT2D eigenvalue weighted by molar-refractivity contribution is 6.32. The van der Waals surface area contributed by atoms with Crippen molar-refractivity contribution < 1.29 is 9.85 Å². The molecule has 0 atom stereocenters. The Bertz CT molecular complexity index is 383. The Labute approximate surface area is 83.4 Å². The van der Waals surface area contributed by atoms with Gasteiger partial charge in [-0.05, 0) is 13.0 Å². The molecule has 6 nitrogen and oxygen atoms in total. The third kappa shape index (κ3) is 1.80. The van der Waals surface area contributed by atoms with E-state index in [-0.39, 0.29) is 10.7 Å². The van der Waals surface area contributed by atoms with Gasteiger partial charge in [0.1, 0.15) is 5.02 Å². The van der Waals surface area contributed by atoms with E-state index in [1.165, 1.54) is 13.0 Å². The monoisotopic (exact) mass is 216 g/mol. The summed E-state index contributed by atoms with van der Waals surface area (Å²) in [5, 5.41) is 20.8. The molecule has 0 spiro atoms. The number of benzene rings is 1. The third-order valence-electron chi connectivity index (χ3n) is 1.66. The topological polar surface area (TPSA) is 86.3 Å². The maximum Gasteiger partial charge on any atom is 0.294 e. The van der Waals surface area contributed by atoms with Crippen molar-refractivity contribution >= 4 is 23.0 Å². The van der Waals surface area contributed by atoms with Crippen molar-refractivity contribution in [2.75, 3.05) is 0 Å². The van der Waals surface area contributed by atoms with E-state index in [9.17, 15) is 20.2 Å². The van der Waals surface area contributed by atoms with E-state index in [0.29, 0.717) is 5.56 Å². The maximum atomic E-state index is 10.4. The lowest BCUT2D eigenvalue weighted by atomic mass is 10.2. The lowest BCUT2D eigenvalue weighted by Gasteiger charge is -1.98. The molecule has 0 radical (unpaired) electrons. The molecule has 14 heavy (non-hydrogen) atoms. The molecule has 0 aromatic heterocycles. The Morgan fingerprint density at radius 3 is 2.07 bits per heavy atom. The van der Waals surface area contributed by atoms with Crippen LogP contribution in [-0.4, -0.2) is 9.85 Å². The zero-order valence-corrected chi connectivity index (χ0v) is 7.82. The SMILES string of the molecule is Cc1cc(Cl)c([N+](=O)[O-])cc1[N+](=O)[O-]. The molecule has 0 aliphatic carbocycles. The molecule has 0 bridgehead atoms. The van der Waals surface area contributed by atoms with Gasteiger partial charge in [-0.25, -0.2) is 0 Å². The van der Waals surface area contributed by atoms with E-state index in [1.54, 1.807) is 0 Å². The molecule has 0 saturated heterocycles. The Morgan fingerprint density at radius 2 is 1.64 bits per heavy atom. The van der Waals surface area contributed by atoms with Gasteiger partial charge in [-0.15, -0.1) is 0 Å². The summed E-state index contributed by atoms with van der Waals surface area (Å²) in [6.45, 7) is 1.47. The Balaban J connectivity index is 3.42. The molecule has 1 aromatic rings. The van der Waals surface area contributed by atoms with Gasteiger partial charge in [-0.1, -0.05) is 11.6 Å². The fourth-order valence-corrected chi connectivity index (χ4v) is 1.27. The molecule has 0 N–H and O–H groups in total. The van der Waals surface area contributed by atoms with E-state index < -0.39 is 15.5 Å². The molecule has 0 fully saturated rings. The van der Waals surface area contributed by atoms with Crippen LogP contribution in [0.3, 0.4) is 0 Å². The van der Waals surface area contributed by atoms with Crippen molar-refractivity contribution in [1.29, 1.82) is 0 Å². The van der Waals surface area contributed by atoms with Crippen molar-refractivity contribution in [3.8, 4) is 0 Å². The smallest absolute Gasteiger partial charge is 0.258 e. The average Bonchev–Trinajstić information content (AvgIpc) is 2.02. The van der Waals surface area contributed by atoms with Crippen LogP contribution < -0.4 is 0 Å². The Hall–Kier alpha value is -1.69. The molecule has 1 rings (SSSR count). The van der Waals surface area contributed by atoms with Crippen LogP contribution in [0.2, 0.25) is 5.02 Å². The van der Waals surface area contributed by atoms with Crippen molar-refractivity contribution in [2.45, 2.75) is 6.92 Å². The summed E-state index contributed by atoms with van der Waals surface area (Å²) in [7, 11) is 0. The molecule has 7 heteroatoms. The van der Waals surface area contributed by atoms with Crippen LogP contribution in [0.15, 0.2) is 12.1 Å². The number of nitro groups is 2. The normalized spacial score (nSPS) is 9.86. The van der Waals surface area contributed by atoms with Gasteiger partial charge in [0, 0.05) is 5.56 Å². The number of hydrogen-bond acceptors (Lipinski definition) is 4. The Morgan fingerprint density at radius 1 is 1.14 bits per heavy atom. The van der Waals surface area contributed by atoms with E-state index in [2.05, 4.69) is 0 Å². The van der Waals surface area contributed by atoms with Crippen LogP contribution >= 0.6 is 11.6 Å². The van der Waals surface area contributed by atoms with Crippen LogP contribution in [0.4, 0.5) is 11.4 Å². The molecule has 0 aliphatic rings. The van der Waals surface area contributed by atoms with Gasteiger partial charge in [0.05, 0.1) is 15.9 Å². The summed E-state index contributed by atoms with van der Waals surface area (Å²) >= 11 is 5.54. The van der Waals surface area contributed by atoms with Crippen molar-refractivity contribution in [1.82, 2.24) is 0 Å². The van der Waals surface area contributed by atoms with Gasteiger partial charge in [0.2, 0.25) is 0 Å². The summed E-state index contributed by atoms with van der Waals surface area (Å²) < 4.78 is 0. The quantitative estimate of drug-likeness (QED) is 0.561. The predicted octanol–water partition coefficient (Wildman–Crippen LogP) is 2.46. The number of nitrogens with zero attached hydrogens (tertiary/aromatic N) is 2. The summed E-state index contributed by atoms with van der Waals surface area (Å²) in [5.41, 5.74) is -0.462. The third-order valence-corrected chi connectivity index (χ3v) is 1.96.